The fraction of sp³-hybridized carbons (Fsp3) is 0.538. The smallest absolute Gasteiger partial charge is 0.122 e. The first kappa shape index (κ1) is 13.0. The molecule has 3 nitrogen and oxygen atoms in total. The van der Waals surface area contributed by atoms with E-state index in [9.17, 15) is 0 Å². The van der Waals surface area contributed by atoms with Crippen LogP contribution >= 0.6 is 0 Å². The minimum atomic E-state index is -0.491. The quantitative estimate of drug-likeness (QED) is 0.724. The summed E-state index contributed by atoms with van der Waals surface area (Å²) in [6, 6.07) is 7.94. The number of ether oxygens (including phenoxy) is 1. The lowest BCUT2D eigenvalue weighted by atomic mass is 9.99. The van der Waals surface area contributed by atoms with E-state index in [1.807, 2.05) is 38.1 Å². The molecule has 0 heterocycles. The fourth-order valence-corrected chi connectivity index (χ4v) is 1.46. The van der Waals surface area contributed by atoms with Gasteiger partial charge in [0.05, 0.1) is 13.2 Å². The number of rotatable bonds is 6. The maximum Gasteiger partial charge on any atom is 0.122 e. The van der Waals surface area contributed by atoms with Crippen LogP contribution in [0.15, 0.2) is 24.3 Å². The Bertz CT molecular complexity index is 323. The molecule has 3 N–H and O–H groups in total. The summed E-state index contributed by atoms with van der Waals surface area (Å²) in [6.45, 7) is 4.52. The predicted octanol–water partition coefficient (Wildman–Crippen LogP) is 1.86. The molecule has 0 aromatic heterocycles. The molecule has 16 heavy (non-hydrogen) atoms. The lowest BCUT2D eigenvalue weighted by molar-refractivity contribution is 0.188. The second-order valence-corrected chi connectivity index (χ2v) is 4.53. The Morgan fingerprint density at radius 3 is 2.69 bits per heavy atom. The van der Waals surface area contributed by atoms with Crippen LogP contribution in [0.4, 0.5) is 0 Å². The molecule has 0 amide bonds. The van der Waals surface area contributed by atoms with Crippen LogP contribution in [0.2, 0.25) is 0 Å². The van der Waals surface area contributed by atoms with Crippen LogP contribution in [-0.2, 0) is 0 Å². The van der Waals surface area contributed by atoms with Crippen molar-refractivity contribution in [2.24, 2.45) is 5.73 Å². The maximum absolute atomic E-state index is 8.99. The van der Waals surface area contributed by atoms with Crippen molar-refractivity contribution in [2.45, 2.75) is 32.2 Å². The van der Waals surface area contributed by atoms with Crippen LogP contribution in [0.5, 0.6) is 5.75 Å². The summed E-state index contributed by atoms with van der Waals surface area (Å²) in [5.41, 5.74) is 6.47. The van der Waals surface area contributed by atoms with E-state index < -0.39 is 5.54 Å². The number of nitrogens with two attached hydrogens (primary N) is 1. The Morgan fingerprint density at radius 1 is 1.38 bits per heavy atom. The van der Waals surface area contributed by atoms with E-state index in [1.165, 1.54) is 0 Å². The minimum Gasteiger partial charge on any atom is -0.493 e. The van der Waals surface area contributed by atoms with Crippen LogP contribution in [0, 0.1) is 6.92 Å². The van der Waals surface area contributed by atoms with Crippen LogP contribution in [-0.4, -0.2) is 23.9 Å². The van der Waals surface area contributed by atoms with Crippen LogP contribution in [0.3, 0.4) is 0 Å². The Morgan fingerprint density at radius 2 is 2.06 bits per heavy atom. The van der Waals surface area contributed by atoms with Gasteiger partial charge in [0.15, 0.2) is 0 Å². The highest BCUT2D eigenvalue weighted by molar-refractivity contribution is 5.31. The molecule has 0 radical (unpaired) electrons. The van der Waals surface area contributed by atoms with Gasteiger partial charge >= 0.3 is 0 Å². The summed E-state index contributed by atoms with van der Waals surface area (Å²) >= 11 is 0. The predicted molar refractivity (Wildman–Crippen MR) is 65.6 cm³/mol. The summed E-state index contributed by atoms with van der Waals surface area (Å²) in [4.78, 5) is 0. The van der Waals surface area contributed by atoms with E-state index in [0.29, 0.717) is 6.61 Å². The van der Waals surface area contributed by atoms with Gasteiger partial charge in [0.25, 0.3) is 0 Å². The second-order valence-electron chi connectivity index (χ2n) is 4.53. The largest absolute Gasteiger partial charge is 0.493 e. The molecule has 0 fully saturated rings. The summed E-state index contributed by atoms with van der Waals surface area (Å²) < 4.78 is 5.64. The van der Waals surface area contributed by atoms with Gasteiger partial charge < -0.3 is 15.6 Å². The normalized spacial score (nSPS) is 14.5. The number of aliphatic hydroxyl groups is 1. The van der Waals surface area contributed by atoms with E-state index in [4.69, 9.17) is 15.6 Å². The monoisotopic (exact) mass is 223 g/mol. The van der Waals surface area contributed by atoms with Gasteiger partial charge in [-0.05, 0) is 38.3 Å². The van der Waals surface area contributed by atoms with Gasteiger partial charge in [-0.15, -0.1) is 0 Å². The third-order valence-corrected chi connectivity index (χ3v) is 2.60. The standard InChI is InChI=1S/C13H21NO2/c1-11-6-3-4-7-12(11)16-9-5-8-13(2,14)10-15/h3-4,6-7,15H,5,8-10,14H2,1-2H3. The highest BCUT2D eigenvalue weighted by atomic mass is 16.5. The number of aliphatic hydroxyl groups excluding tert-OH is 1. The molecule has 1 rings (SSSR count). The zero-order chi connectivity index (χ0) is 12.0. The van der Waals surface area contributed by atoms with Crippen molar-refractivity contribution in [3.63, 3.8) is 0 Å². The van der Waals surface area contributed by atoms with Crippen LogP contribution in [0.1, 0.15) is 25.3 Å². The fourth-order valence-electron chi connectivity index (χ4n) is 1.46. The van der Waals surface area contributed by atoms with E-state index >= 15 is 0 Å². The summed E-state index contributed by atoms with van der Waals surface area (Å²) in [6.07, 6.45) is 1.61. The lowest BCUT2D eigenvalue weighted by Crippen LogP contribution is -2.40. The average Bonchev–Trinajstić information content (AvgIpc) is 2.27. The Balaban J connectivity index is 2.29. The van der Waals surface area contributed by atoms with E-state index in [2.05, 4.69) is 0 Å². The molecule has 1 atom stereocenters. The summed E-state index contributed by atoms with van der Waals surface area (Å²) in [5, 5.41) is 8.99. The Kier molecular flexibility index (Phi) is 4.77. The Labute approximate surface area is 97.2 Å². The lowest BCUT2D eigenvalue weighted by Gasteiger charge is -2.21. The van der Waals surface area contributed by atoms with E-state index in [-0.39, 0.29) is 6.61 Å². The number of para-hydroxylation sites is 1. The van der Waals surface area contributed by atoms with Gasteiger partial charge in [0.2, 0.25) is 0 Å². The number of hydrogen-bond donors (Lipinski definition) is 2. The molecule has 1 aromatic carbocycles. The third kappa shape index (κ3) is 4.21. The van der Waals surface area contributed by atoms with Gasteiger partial charge in [-0.2, -0.15) is 0 Å². The zero-order valence-corrected chi connectivity index (χ0v) is 10.1. The molecular weight excluding hydrogens is 202 g/mol. The van der Waals surface area contributed by atoms with Crippen molar-refractivity contribution < 1.29 is 9.84 Å². The molecule has 3 heteroatoms. The van der Waals surface area contributed by atoms with E-state index in [1.54, 1.807) is 0 Å². The first-order valence-electron chi connectivity index (χ1n) is 5.63. The van der Waals surface area contributed by atoms with Crippen molar-refractivity contribution >= 4 is 0 Å². The topological polar surface area (TPSA) is 55.5 Å². The highest BCUT2D eigenvalue weighted by Gasteiger charge is 2.15. The van der Waals surface area contributed by atoms with Crippen molar-refractivity contribution in [2.75, 3.05) is 13.2 Å². The molecular formula is C13H21NO2. The van der Waals surface area contributed by atoms with Gasteiger partial charge in [-0.25, -0.2) is 0 Å². The van der Waals surface area contributed by atoms with Gasteiger partial charge in [0.1, 0.15) is 5.75 Å². The first-order chi connectivity index (χ1) is 7.55. The molecule has 1 unspecified atom stereocenters. The number of benzene rings is 1. The van der Waals surface area contributed by atoms with Gasteiger partial charge in [0, 0.05) is 5.54 Å². The summed E-state index contributed by atoms with van der Waals surface area (Å²) in [5.74, 6) is 0.922. The van der Waals surface area contributed by atoms with Crippen LogP contribution in [0.25, 0.3) is 0 Å². The number of aryl methyl sites for hydroxylation is 1. The third-order valence-electron chi connectivity index (χ3n) is 2.60. The SMILES string of the molecule is Cc1ccccc1OCCCC(C)(N)CO. The highest BCUT2D eigenvalue weighted by Crippen LogP contribution is 2.17. The van der Waals surface area contributed by atoms with Crippen molar-refractivity contribution in [3.8, 4) is 5.75 Å². The molecule has 1 aromatic rings. The van der Waals surface area contributed by atoms with Gasteiger partial charge in [-0.3, -0.25) is 0 Å². The van der Waals surface area contributed by atoms with Crippen molar-refractivity contribution in [3.05, 3.63) is 29.8 Å². The molecule has 0 aliphatic heterocycles. The molecule has 0 aliphatic carbocycles. The maximum atomic E-state index is 8.99. The molecule has 90 valence electrons. The molecule has 0 bridgehead atoms. The molecule has 0 spiro atoms. The van der Waals surface area contributed by atoms with Crippen molar-refractivity contribution in [1.82, 2.24) is 0 Å². The number of hydrogen-bond acceptors (Lipinski definition) is 3. The Hall–Kier alpha value is -1.06. The molecule has 0 saturated heterocycles. The zero-order valence-electron chi connectivity index (χ0n) is 10.1. The summed E-state index contributed by atoms with van der Waals surface area (Å²) in [7, 11) is 0. The van der Waals surface area contributed by atoms with Crippen molar-refractivity contribution in [1.29, 1.82) is 0 Å². The molecule has 0 saturated carbocycles. The van der Waals surface area contributed by atoms with E-state index in [0.717, 1.165) is 24.2 Å². The molecule has 0 aliphatic rings. The minimum absolute atomic E-state index is 0.0113. The van der Waals surface area contributed by atoms with Gasteiger partial charge in [-0.1, -0.05) is 18.2 Å². The average molecular weight is 223 g/mol. The first-order valence-corrected chi connectivity index (χ1v) is 5.63. The second kappa shape index (κ2) is 5.87. The van der Waals surface area contributed by atoms with Crippen LogP contribution < -0.4 is 10.5 Å².